The third-order valence-corrected chi connectivity index (χ3v) is 3.18. The third-order valence-electron chi connectivity index (χ3n) is 2.95. The summed E-state index contributed by atoms with van der Waals surface area (Å²) in [4.78, 5) is 8.39. The van der Waals surface area contributed by atoms with Gasteiger partial charge < -0.3 is 10.1 Å². The van der Waals surface area contributed by atoms with Crippen molar-refractivity contribution in [1.29, 1.82) is 0 Å². The Hall–Kier alpha value is -1.65. The molecule has 5 heteroatoms. The molecule has 1 aromatic carbocycles. The van der Waals surface area contributed by atoms with E-state index in [9.17, 15) is 0 Å². The van der Waals surface area contributed by atoms with E-state index in [4.69, 9.17) is 16.3 Å². The summed E-state index contributed by atoms with van der Waals surface area (Å²) in [6.45, 7) is 3.02. The Balaban J connectivity index is 2.35. The number of nitrogens with one attached hydrogen (secondary N) is 1. The van der Waals surface area contributed by atoms with Crippen LogP contribution in [-0.4, -0.2) is 23.6 Å². The smallest absolute Gasteiger partial charge is 0.216 e. The summed E-state index contributed by atoms with van der Waals surface area (Å²) in [6, 6.07) is 9.61. The molecule has 0 aliphatic carbocycles. The van der Waals surface area contributed by atoms with Gasteiger partial charge >= 0.3 is 0 Å². The number of benzene rings is 1. The van der Waals surface area contributed by atoms with Crippen LogP contribution in [-0.2, 0) is 0 Å². The van der Waals surface area contributed by atoms with Crippen LogP contribution in [0.5, 0.6) is 5.88 Å². The molecule has 0 spiro atoms. The van der Waals surface area contributed by atoms with Crippen LogP contribution in [0.2, 0.25) is 5.02 Å². The van der Waals surface area contributed by atoms with Gasteiger partial charge in [0.05, 0.1) is 18.8 Å². The fourth-order valence-corrected chi connectivity index (χ4v) is 2.19. The summed E-state index contributed by atoms with van der Waals surface area (Å²) in [7, 11) is 1.60. The van der Waals surface area contributed by atoms with Gasteiger partial charge in [-0.05, 0) is 30.7 Å². The average molecular weight is 292 g/mol. The van der Waals surface area contributed by atoms with Crippen LogP contribution < -0.4 is 10.1 Å². The molecule has 1 atom stereocenters. The number of rotatable bonds is 6. The predicted octanol–water partition coefficient (Wildman–Crippen LogP) is 3.23. The van der Waals surface area contributed by atoms with Crippen molar-refractivity contribution in [3.63, 3.8) is 0 Å². The highest BCUT2D eigenvalue weighted by atomic mass is 35.5. The predicted molar refractivity (Wildman–Crippen MR) is 80.2 cm³/mol. The van der Waals surface area contributed by atoms with E-state index in [2.05, 4.69) is 22.2 Å². The van der Waals surface area contributed by atoms with Crippen molar-refractivity contribution in [2.45, 2.75) is 19.4 Å². The van der Waals surface area contributed by atoms with Gasteiger partial charge in [0.2, 0.25) is 5.88 Å². The maximum Gasteiger partial charge on any atom is 0.216 e. The molecule has 0 saturated heterocycles. The summed E-state index contributed by atoms with van der Waals surface area (Å²) in [5, 5.41) is 4.19. The van der Waals surface area contributed by atoms with Crippen LogP contribution in [0.3, 0.4) is 0 Å². The summed E-state index contributed by atoms with van der Waals surface area (Å²) in [5.74, 6) is 0.556. The Labute approximate surface area is 124 Å². The molecule has 2 aromatic rings. The Morgan fingerprint density at radius 2 is 2.15 bits per heavy atom. The van der Waals surface area contributed by atoms with Crippen molar-refractivity contribution in [2.24, 2.45) is 0 Å². The lowest BCUT2D eigenvalue weighted by Crippen LogP contribution is -2.24. The average Bonchev–Trinajstić information content (AvgIpc) is 2.48. The molecule has 2 rings (SSSR count). The van der Waals surface area contributed by atoms with Crippen LogP contribution in [0, 0.1) is 0 Å². The zero-order valence-electron chi connectivity index (χ0n) is 11.6. The third kappa shape index (κ3) is 3.68. The molecule has 0 saturated carbocycles. The van der Waals surface area contributed by atoms with E-state index >= 15 is 0 Å². The lowest BCUT2D eigenvalue weighted by Gasteiger charge is -2.19. The topological polar surface area (TPSA) is 47.0 Å². The van der Waals surface area contributed by atoms with Gasteiger partial charge in [-0.25, -0.2) is 9.97 Å². The number of aromatic nitrogens is 2. The fourth-order valence-electron chi connectivity index (χ4n) is 1.99. The Kier molecular flexibility index (Phi) is 5.32. The standard InChI is InChI=1S/C15H18ClN3O/c1-3-7-17-15(11-5-4-6-12(16)8-11)13-9-14(20-2)19-10-18-13/h4-6,8-10,15,17H,3,7H2,1-2H3. The molecule has 0 bridgehead atoms. The maximum atomic E-state index is 6.08. The molecule has 0 fully saturated rings. The van der Waals surface area contributed by atoms with Gasteiger partial charge in [-0.3, -0.25) is 0 Å². The number of methoxy groups -OCH3 is 1. The van der Waals surface area contributed by atoms with E-state index < -0.39 is 0 Å². The molecule has 106 valence electrons. The molecule has 1 heterocycles. The van der Waals surface area contributed by atoms with Crippen LogP contribution in [0.4, 0.5) is 0 Å². The van der Waals surface area contributed by atoms with Crippen LogP contribution in [0.25, 0.3) is 0 Å². The first-order valence-corrected chi connectivity index (χ1v) is 6.97. The van der Waals surface area contributed by atoms with Crippen LogP contribution in [0.1, 0.15) is 30.6 Å². The van der Waals surface area contributed by atoms with E-state index in [1.54, 1.807) is 7.11 Å². The minimum atomic E-state index is -0.0226. The minimum absolute atomic E-state index is 0.0226. The number of hydrogen-bond donors (Lipinski definition) is 1. The Bertz CT molecular complexity index is 562. The summed E-state index contributed by atoms with van der Waals surface area (Å²) >= 11 is 6.08. The van der Waals surface area contributed by atoms with Crippen molar-refractivity contribution in [1.82, 2.24) is 15.3 Å². The van der Waals surface area contributed by atoms with Crippen LogP contribution >= 0.6 is 11.6 Å². The molecular formula is C15H18ClN3O. The van der Waals surface area contributed by atoms with Gasteiger partial charge in [0.15, 0.2) is 0 Å². The first-order chi connectivity index (χ1) is 9.74. The van der Waals surface area contributed by atoms with Gasteiger partial charge in [-0.15, -0.1) is 0 Å². The van der Waals surface area contributed by atoms with E-state index in [-0.39, 0.29) is 6.04 Å². The first-order valence-electron chi connectivity index (χ1n) is 6.59. The number of ether oxygens (including phenoxy) is 1. The molecule has 1 unspecified atom stereocenters. The van der Waals surface area contributed by atoms with Gasteiger partial charge in [0.25, 0.3) is 0 Å². The highest BCUT2D eigenvalue weighted by Gasteiger charge is 2.16. The summed E-state index contributed by atoms with van der Waals surface area (Å²) < 4.78 is 5.16. The normalized spacial score (nSPS) is 12.2. The van der Waals surface area contributed by atoms with Crippen LogP contribution in [0.15, 0.2) is 36.7 Å². The molecular weight excluding hydrogens is 274 g/mol. The zero-order valence-corrected chi connectivity index (χ0v) is 12.4. The highest BCUT2D eigenvalue weighted by molar-refractivity contribution is 6.30. The van der Waals surface area contributed by atoms with E-state index in [1.807, 2.05) is 30.3 Å². The Morgan fingerprint density at radius 1 is 1.30 bits per heavy atom. The van der Waals surface area contributed by atoms with Crippen molar-refractivity contribution < 1.29 is 4.74 Å². The first kappa shape index (κ1) is 14.8. The second-order valence-corrected chi connectivity index (χ2v) is 4.86. The Morgan fingerprint density at radius 3 is 2.85 bits per heavy atom. The second kappa shape index (κ2) is 7.22. The van der Waals surface area contributed by atoms with Crippen molar-refractivity contribution in [3.05, 3.63) is 52.9 Å². The van der Waals surface area contributed by atoms with Gasteiger partial charge in [0, 0.05) is 11.1 Å². The van der Waals surface area contributed by atoms with E-state index in [0.717, 1.165) is 24.2 Å². The molecule has 0 radical (unpaired) electrons. The van der Waals surface area contributed by atoms with Crippen molar-refractivity contribution in [2.75, 3.05) is 13.7 Å². The number of halogens is 1. The van der Waals surface area contributed by atoms with Gasteiger partial charge in [-0.2, -0.15) is 0 Å². The van der Waals surface area contributed by atoms with Gasteiger partial charge in [0.1, 0.15) is 6.33 Å². The number of nitrogens with zero attached hydrogens (tertiary/aromatic N) is 2. The SMILES string of the molecule is CCCNC(c1cccc(Cl)c1)c1cc(OC)ncn1. The highest BCUT2D eigenvalue weighted by Crippen LogP contribution is 2.24. The second-order valence-electron chi connectivity index (χ2n) is 4.43. The monoisotopic (exact) mass is 291 g/mol. The summed E-state index contributed by atoms with van der Waals surface area (Å²) in [6.07, 6.45) is 2.55. The lowest BCUT2D eigenvalue weighted by atomic mass is 10.0. The molecule has 0 aliphatic heterocycles. The molecule has 1 aromatic heterocycles. The van der Waals surface area contributed by atoms with Crippen molar-refractivity contribution >= 4 is 11.6 Å². The molecule has 1 N–H and O–H groups in total. The minimum Gasteiger partial charge on any atom is -0.481 e. The van der Waals surface area contributed by atoms with E-state index in [1.165, 1.54) is 6.33 Å². The lowest BCUT2D eigenvalue weighted by molar-refractivity contribution is 0.394. The molecule has 0 aliphatic rings. The summed E-state index contributed by atoms with van der Waals surface area (Å²) in [5.41, 5.74) is 1.94. The number of hydrogen-bond acceptors (Lipinski definition) is 4. The fraction of sp³-hybridized carbons (Fsp3) is 0.333. The largest absolute Gasteiger partial charge is 0.481 e. The molecule has 4 nitrogen and oxygen atoms in total. The molecule has 20 heavy (non-hydrogen) atoms. The van der Waals surface area contributed by atoms with Gasteiger partial charge in [-0.1, -0.05) is 30.7 Å². The zero-order chi connectivity index (χ0) is 14.4. The quantitative estimate of drug-likeness (QED) is 0.888. The maximum absolute atomic E-state index is 6.08. The van der Waals surface area contributed by atoms with Crippen molar-refractivity contribution in [3.8, 4) is 5.88 Å². The van der Waals surface area contributed by atoms with E-state index in [0.29, 0.717) is 10.9 Å². The molecule has 0 amide bonds.